The van der Waals surface area contributed by atoms with E-state index in [4.69, 9.17) is 0 Å². The van der Waals surface area contributed by atoms with Gasteiger partial charge in [-0.2, -0.15) is 0 Å². The number of carbonyl (C=O) groups is 1. The van der Waals surface area contributed by atoms with Gasteiger partial charge in [-0.25, -0.2) is 4.98 Å². The van der Waals surface area contributed by atoms with Gasteiger partial charge >= 0.3 is 0 Å². The molecule has 0 bridgehead atoms. The third kappa shape index (κ3) is 3.92. The van der Waals surface area contributed by atoms with Crippen molar-refractivity contribution in [3.05, 3.63) is 29.9 Å². The fourth-order valence-corrected chi connectivity index (χ4v) is 4.01. The van der Waals surface area contributed by atoms with Crippen LogP contribution in [0.25, 0.3) is 0 Å². The Morgan fingerprint density at radius 1 is 1.26 bits per heavy atom. The van der Waals surface area contributed by atoms with Crippen LogP contribution in [0.2, 0.25) is 0 Å². The molecule has 0 unspecified atom stereocenters. The van der Waals surface area contributed by atoms with Gasteiger partial charge in [-0.1, -0.05) is 6.92 Å². The van der Waals surface area contributed by atoms with Crippen LogP contribution in [0, 0.1) is 12.3 Å². The number of piperidine rings is 1. The summed E-state index contributed by atoms with van der Waals surface area (Å²) in [5.74, 6) is 3.68. The Labute approximate surface area is 160 Å². The van der Waals surface area contributed by atoms with E-state index in [-0.39, 0.29) is 0 Å². The van der Waals surface area contributed by atoms with Crippen molar-refractivity contribution in [2.45, 2.75) is 64.8 Å². The number of nitrogens with zero attached hydrogens (tertiary/aromatic N) is 6. The van der Waals surface area contributed by atoms with Crippen LogP contribution < -0.4 is 0 Å². The number of hydrogen-bond donors (Lipinski definition) is 0. The van der Waals surface area contributed by atoms with E-state index in [0.717, 1.165) is 49.8 Å². The number of imidazole rings is 1. The molecule has 0 spiro atoms. The molecule has 7 heteroatoms. The van der Waals surface area contributed by atoms with Crippen molar-refractivity contribution in [2.24, 2.45) is 12.5 Å². The topological polar surface area (TPSA) is 68.8 Å². The monoisotopic (exact) mass is 370 g/mol. The van der Waals surface area contributed by atoms with E-state index in [1.807, 2.05) is 31.3 Å². The van der Waals surface area contributed by atoms with Gasteiger partial charge in [0.1, 0.15) is 11.6 Å². The number of carbonyl (C=O) groups excluding carboxylic acids is 1. The van der Waals surface area contributed by atoms with Crippen molar-refractivity contribution in [2.75, 3.05) is 13.1 Å². The van der Waals surface area contributed by atoms with Crippen molar-refractivity contribution in [3.8, 4) is 0 Å². The summed E-state index contributed by atoms with van der Waals surface area (Å²) < 4.78 is 4.20. The Bertz CT molecular complexity index is 810. The summed E-state index contributed by atoms with van der Waals surface area (Å²) in [7, 11) is 2.05. The lowest BCUT2D eigenvalue weighted by Crippen LogP contribution is -2.38. The zero-order valence-corrected chi connectivity index (χ0v) is 16.7. The molecule has 4 rings (SSSR count). The normalized spacial score (nSPS) is 19.4. The summed E-state index contributed by atoms with van der Waals surface area (Å²) in [6.07, 6.45) is 10.0. The van der Waals surface area contributed by atoms with E-state index in [9.17, 15) is 4.79 Å². The Morgan fingerprint density at radius 3 is 2.63 bits per heavy atom. The molecule has 1 saturated heterocycles. The highest BCUT2D eigenvalue weighted by atomic mass is 16.2. The molecule has 1 saturated carbocycles. The van der Waals surface area contributed by atoms with E-state index in [2.05, 4.69) is 31.2 Å². The fraction of sp³-hybridized carbons (Fsp3) is 0.700. The first-order chi connectivity index (χ1) is 13.0. The summed E-state index contributed by atoms with van der Waals surface area (Å²) >= 11 is 0. The first kappa shape index (κ1) is 18.2. The predicted octanol–water partition coefficient (Wildman–Crippen LogP) is 2.65. The zero-order chi connectivity index (χ0) is 19.0. The number of rotatable bonds is 6. The Morgan fingerprint density at radius 2 is 2.00 bits per heavy atom. The van der Waals surface area contributed by atoms with Gasteiger partial charge in [-0.15, -0.1) is 10.2 Å². The lowest BCUT2D eigenvalue weighted by atomic mass is 9.95. The predicted molar refractivity (Wildman–Crippen MR) is 102 cm³/mol. The molecule has 0 N–H and O–H groups in total. The quantitative estimate of drug-likeness (QED) is 0.784. The van der Waals surface area contributed by atoms with Crippen LogP contribution in [-0.2, 0) is 18.4 Å². The largest absolute Gasteiger partial charge is 0.343 e. The summed E-state index contributed by atoms with van der Waals surface area (Å²) in [6, 6.07) is 0. The maximum atomic E-state index is 12.5. The second kappa shape index (κ2) is 7.09. The number of hydrogen-bond acceptors (Lipinski definition) is 4. The van der Waals surface area contributed by atoms with Gasteiger partial charge in [0.2, 0.25) is 5.91 Å². The van der Waals surface area contributed by atoms with Gasteiger partial charge in [0.15, 0.2) is 5.82 Å². The zero-order valence-electron chi connectivity index (χ0n) is 16.7. The van der Waals surface area contributed by atoms with Gasteiger partial charge < -0.3 is 14.0 Å². The van der Waals surface area contributed by atoms with E-state index in [1.165, 1.54) is 12.8 Å². The molecule has 0 aromatic carbocycles. The lowest BCUT2D eigenvalue weighted by Gasteiger charge is -2.32. The van der Waals surface area contributed by atoms with E-state index in [0.29, 0.717) is 30.2 Å². The SMILES string of the molecule is Cc1nccn1Cc1nnc(C2CCN(C(=O)CCC3(C)CC3)CC2)n1C. The molecule has 146 valence electrons. The molecule has 2 aromatic rings. The van der Waals surface area contributed by atoms with Crippen LogP contribution in [0.3, 0.4) is 0 Å². The molecule has 2 fully saturated rings. The van der Waals surface area contributed by atoms with Crippen molar-refractivity contribution < 1.29 is 4.79 Å². The Hall–Kier alpha value is -2.18. The maximum absolute atomic E-state index is 12.5. The average Bonchev–Trinajstić information content (AvgIpc) is 3.10. The minimum absolute atomic E-state index is 0.329. The average molecular weight is 371 g/mol. The molecule has 7 nitrogen and oxygen atoms in total. The van der Waals surface area contributed by atoms with E-state index in [1.54, 1.807) is 0 Å². The smallest absolute Gasteiger partial charge is 0.222 e. The van der Waals surface area contributed by atoms with Crippen LogP contribution >= 0.6 is 0 Å². The first-order valence-electron chi connectivity index (χ1n) is 10.1. The third-order valence-electron chi connectivity index (χ3n) is 6.49. The van der Waals surface area contributed by atoms with Crippen molar-refractivity contribution in [1.29, 1.82) is 0 Å². The molecule has 1 amide bonds. The minimum Gasteiger partial charge on any atom is -0.343 e. The van der Waals surface area contributed by atoms with Crippen molar-refractivity contribution in [1.82, 2.24) is 29.2 Å². The standard InChI is InChI=1S/C20H30N6O/c1-15-21-10-13-26(15)14-17-22-23-19(24(17)3)16-5-11-25(12-6-16)18(27)4-7-20(2)8-9-20/h10,13,16H,4-9,11-12,14H2,1-3H3. The molecule has 2 aromatic heterocycles. The molecule has 3 heterocycles. The molecule has 1 aliphatic carbocycles. The minimum atomic E-state index is 0.329. The summed E-state index contributed by atoms with van der Waals surface area (Å²) in [6.45, 7) is 6.65. The van der Waals surface area contributed by atoms with E-state index >= 15 is 0 Å². The molecule has 0 atom stereocenters. The summed E-state index contributed by atoms with van der Waals surface area (Å²) in [5.41, 5.74) is 0.455. The van der Waals surface area contributed by atoms with Crippen LogP contribution in [0.5, 0.6) is 0 Å². The highest BCUT2D eigenvalue weighted by Crippen LogP contribution is 2.49. The second-order valence-corrected chi connectivity index (χ2v) is 8.60. The maximum Gasteiger partial charge on any atom is 0.222 e. The molecular weight excluding hydrogens is 340 g/mol. The van der Waals surface area contributed by atoms with Gasteiger partial charge in [-0.05, 0) is 44.4 Å². The number of likely N-dealkylation sites (tertiary alicyclic amines) is 1. The highest BCUT2D eigenvalue weighted by molar-refractivity contribution is 5.76. The van der Waals surface area contributed by atoms with E-state index < -0.39 is 0 Å². The summed E-state index contributed by atoms with van der Waals surface area (Å²) in [5, 5.41) is 8.88. The van der Waals surface area contributed by atoms with Gasteiger partial charge in [0.25, 0.3) is 0 Å². The number of aryl methyl sites for hydroxylation is 1. The number of aromatic nitrogens is 5. The number of amides is 1. The molecule has 2 aliphatic rings. The molecule has 27 heavy (non-hydrogen) atoms. The summed E-state index contributed by atoms with van der Waals surface area (Å²) in [4.78, 5) is 18.8. The Kier molecular flexibility index (Phi) is 4.78. The van der Waals surface area contributed by atoms with Crippen LogP contribution in [0.15, 0.2) is 12.4 Å². The third-order valence-corrected chi connectivity index (χ3v) is 6.49. The Balaban J connectivity index is 1.33. The van der Waals surface area contributed by atoms with Crippen LogP contribution in [0.1, 0.15) is 68.8 Å². The van der Waals surface area contributed by atoms with Gasteiger partial charge in [0, 0.05) is 44.9 Å². The molecule has 0 radical (unpaired) electrons. The van der Waals surface area contributed by atoms with Gasteiger partial charge in [-0.3, -0.25) is 4.79 Å². The lowest BCUT2D eigenvalue weighted by molar-refractivity contribution is -0.132. The highest BCUT2D eigenvalue weighted by Gasteiger charge is 2.37. The molecular formula is C20H30N6O. The van der Waals surface area contributed by atoms with Gasteiger partial charge in [0.05, 0.1) is 6.54 Å². The van der Waals surface area contributed by atoms with Crippen LogP contribution in [0.4, 0.5) is 0 Å². The second-order valence-electron chi connectivity index (χ2n) is 8.60. The van der Waals surface area contributed by atoms with Crippen molar-refractivity contribution in [3.63, 3.8) is 0 Å². The fourth-order valence-electron chi connectivity index (χ4n) is 4.01. The van der Waals surface area contributed by atoms with Crippen molar-refractivity contribution >= 4 is 5.91 Å². The first-order valence-corrected chi connectivity index (χ1v) is 10.1. The molecule has 1 aliphatic heterocycles. The van der Waals surface area contributed by atoms with Crippen LogP contribution in [-0.4, -0.2) is 48.2 Å².